The number of hydrogen-bond acceptors (Lipinski definition) is 6. The normalized spacial score (nSPS) is 28.9. The van der Waals surface area contributed by atoms with Crippen LogP contribution in [0.4, 0.5) is 0 Å². The Morgan fingerprint density at radius 1 is 1.19 bits per heavy atom. The van der Waals surface area contributed by atoms with E-state index in [-0.39, 0.29) is 0 Å². The summed E-state index contributed by atoms with van der Waals surface area (Å²) in [7, 11) is 0. The molecule has 21 heavy (non-hydrogen) atoms. The number of aromatic nitrogens is 3. The molecule has 8 nitrogen and oxygen atoms in total. The first kappa shape index (κ1) is 14.0. The summed E-state index contributed by atoms with van der Waals surface area (Å²) in [6.07, 6.45) is 0.370. The van der Waals surface area contributed by atoms with Gasteiger partial charge in [-0.2, -0.15) is 4.98 Å². The van der Waals surface area contributed by atoms with Gasteiger partial charge < -0.3 is 24.6 Å². The SMILES string of the molecule is O=c1nc(-n2cccc2)ccn1[C@@H]1O[C@H](CO)[C@@H](O)[C@H]1O. The summed E-state index contributed by atoms with van der Waals surface area (Å²) in [5.74, 6) is 0.438. The van der Waals surface area contributed by atoms with Crippen LogP contribution >= 0.6 is 0 Å². The van der Waals surface area contributed by atoms with Gasteiger partial charge in [0, 0.05) is 18.6 Å². The third-order valence-corrected chi connectivity index (χ3v) is 3.48. The zero-order chi connectivity index (χ0) is 15.0. The first-order chi connectivity index (χ1) is 10.1. The number of hydrogen-bond donors (Lipinski definition) is 3. The van der Waals surface area contributed by atoms with E-state index in [1.807, 2.05) is 0 Å². The zero-order valence-electron chi connectivity index (χ0n) is 11.0. The molecule has 1 saturated heterocycles. The summed E-state index contributed by atoms with van der Waals surface area (Å²) in [5.41, 5.74) is -0.615. The lowest BCUT2D eigenvalue weighted by molar-refractivity contribution is -0.0549. The molecule has 0 bridgehead atoms. The Kier molecular flexibility index (Phi) is 3.60. The molecule has 0 spiro atoms. The van der Waals surface area contributed by atoms with Crippen molar-refractivity contribution in [3.05, 3.63) is 47.3 Å². The molecule has 2 aromatic heterocycles. The smallest absolute Gasteiger partial charge is 0.351 e. The van der Waals surface area contributed by atoms with Crippen LogP contribution in [-0.4, -0.2) is 54.4 Å². The van der Waals surface area contributed by atoms with Crippen molar-refractivity contribution in [2.45, 2.75) is 24.5 Å². The Balaban J connectivity index is 1.92. The molecule has 0 aromatic carbocycles. The van der Waals surface area contributed by atoms with E-state index in [4.69, 9.17) is 9.84 Å². The van der Waals surface area contributed by atoms with Gasteiger partial charge in [-0.1, -0.05) is 0 Å². The molecule has 1 fully saturated rings. The minimum atomic E-state index is -1.31. The highest BCUT2D eigenvalue weighted by Crippen LogP contribution is 2.27. The zero-order valence-corrected chi connectivity index (χ0v) is 11.0. The van der Waals surface area contributed by atoms with Crippen LogP contribution in [0.15, 0.2) is 41.6 Å². The molecule has 0 unspecified atom stereocenters. The Hall–Kier alpha value is -2.00. The number of aliphatic hydroxyl groups is 3. The second-order valence-corrected chi connectivity index (χ2v) is 4.79. The lowest BCUT2D eigenvalue weighted by atomic mass is 10.1. The van der Waals surface area contributed by atoms with Crippen LogP contribution in [0.1, 0.15) is 6.23 Å². The molecule has 1 aliphatic rings. The molecule has 1 aliphatic heterocycles. The van der Waals surface area contributed by atoms with Gasteiger partial charge in [0.1, 0.15) is 24.1 Å². The highest BCUT2D eigenvalue weighted by Gasteiger charge is 2.43. The van der Waals surface area contributed by atoms with Crippen molar-refractivity contribution in [1.29, 1.82) is 0 Å². The number of aliphatic hydroxyl groups excluding tert-OH is 3. The van der Waals surface area contributed by atoms with Crippen molar-refractivity contribution in [2.75, 3.05) is 6.61 Å². The fourth-order valence-electron chi connectivity index (χ4n) is 2.34. The van der Waals surface area contributed by atoms with Gasteiger partial charge in [0.15, 0.2) is 6.23 Å². The molecular weight excluding hydrogens is 278 g/mol. The topological polar surface area (TPSA) is 110 Å². The van der Waals surface area contributed by atoms with E-state index < -0.39 is 36.8 Å². The minimum Gasteiger partial charge on any atom is -0.394 e. The van der Waals surface area contributed by atoms with Crippen molar-refractivity contribution in [3.63, 3.8) is 0 Å². The maximum atomic E-state index is 12.1. The maximum absolute atomic E-state index is 12.1. The molecular formula is C13H15N3O5. The highest BCUT2D eigenvalue weighted by molar-refractivity contribution is 5.21. The van der Waals surface area contributed by atoms with Gasteiger partial charge in [0.2, 0.25) is 0 Å². The van der Waals surface area contributed by atoms with Crippen LogP contribution in [-0.2, 0) is 4.74 Å². The molecule has 0 aliphatic carbocycles. The molecule has 3 heterocycles. The van der Waals surface area contributed by atoms with E-state index in [2.05, 4.69) is 4.98 Å². The molecule has 112 valence electrons. The van der Waals surface area contributed by atoms with E-state index in [1.165, 1.54) is 6.20 Å². The molecule has 8 heteroatoms. The lowest BCUT2D eigenvalue weighted by Crippen LogP contribution is -2.36. The quantitative estimate of drug-likeness (QED) is 0.645. The average Bonchev–Trinajstić information content (AvgIpc) is 3.10. The van der Waals surface area contributed by atoms with E-state index in [1.54, 1.807) is 35.2 Å². The van der Waals surface area contributed by atoms with Gasteiger partial charge in [0.05, 0.1) is 6.61 Å². The van der Waals surface area contributed by atoms with E-state index >= 15 is 0 Å². The first-order valence-electron chi connectivity index (χ1n) is 6.47. The van der Waals surface area contributed by atoms with Crippen LogP contribution < -0.4 is 5.69 Å². The predicted molar refractivity (Wildman–Crippen MR) is 70.8 cm³/mol. The standard InChI is InChI=1S/C13H15N3O5/c17-7-8-10(18)11(19)12(21-8)16-6-3-9(14-13(16)20)15-4-1-2-5-15/h1-6,8,10-12,17-19H,7H2/t8-,10-,11-,12-/m1/s1. The van der Waals surface area contributed by atoms with Gasteiger partial charge >= 0.3 is 5.69 Å². The Morgan fingerprint density at radius 2 is 1.90 bits per heavy atom. The third-order valence-electron chi connectivity index (χ3n) is 3.48. The van der Waals surface area contributed by atoms with Gasteiger partial charge in [-0.25, -0.2) is 4.79 Å². The largest absolute Gasteiger partial charge is 0.394 e. The van der Waals surface area contributed by atoms with Crippen molar-refractivity contribution in [2.24, 2.45) is 0 Å². The number of rotatable bonds is 3. The van der Waals surface area contributed by atoms with Crippen molar-refractivity contribution < 1.29 is 20.1 Å². The summed E-state index contributed by atoms with van der Waals surface area (Å²) >= 11 is 0. The van der Waals surface area contributed by atoms with Crippen molar-refractivity contribution in [1.82, 2.24) is 14.1 Å². The monoisotopic (exact) mass is 293 g/mol. The molecule has 0 amide bonds. The molecule has 4 atom stereocenters. The fourth-order valence-corrected chi connectivity index (χ4v) is 2.34. The lowest BCUT2D eigenvalue weighted by Gasteiger charge is -2.17. The van der Waals surface area contributed by atoms with Crippen LogP contribution in [0, 0.1) is 0 Å². The molecule has 0 saturated carbocycles. The van der Waals surface area contributed by atoms with Gasteiger partial charge in [-0.15, -0.1) is 0 Å². The van der Waals surface area contributed by atoms with Gasteiger partial charge in [0.25, 0.3) is 0 Å². The molecule has 2 aromatic rings. The second-order valence-electron chi connectivity index (χ2n) is 4.79. The third kappa shape index (κ3) is 2.38. The molecule has 0 radical (unpaired) electrons. The first-order valence-corrected chi connectivity index (χ1v) is 6.47. The Labute approximate surface area is 119 Å². The van der Waals surface area contributed by atoms with Crippen LogP contribution in [0.25, 0.3) is 5.82 Å². The van der Waals surface area contributed by atoms with Crippen molar-refractivity contribution >= 4 is 0 Å². The number of nitrogens with zero attached hydrogens (tertiary/aromatic N) is 3. The van der Waals surface area contributed by atoms with Crippen LogP contribution in [0.3, 0.4) is 0 Å². The maximum Gasteiger partial charge on any atom is 0.351 e. The van der Waals surface area contributed by atoms with Crippen LogP contribution in [0.5, 0.6) is 0 Å². The van der Waals surface area contributed by atoms with E-state index in [9.17, 15) is 15.0 Å². The fraction of sp³-hybridized carbons (Fsp3) is 0.385. The Bertz CT molecular complexity index is 669. The van der Waals surface area contributed by atoms with E-state index in [0.29, 0.717) is 5.82 Å². The van der Waals surface area contributed by atoms with E-state index in [0.717, 1.165) is 4.57 Å². The summed E-state index contributed by atoms with van der Waals surface area (Å²) < 4.78 is 8.06. The number of ether oxygens (including phenoxy) is 1. The predicted octanol–water partition coefficient (Wildman–Crippen LogP) is -1.35. The summed E-state index contributed by atoms with van der Waals surface area (Å²) in [5, 5.41) is 28.7. The van der Waals surface area contributed by atoms with Crippen LogP contribution in [0.2, 0.25) is 0 Å². The van der Waals surface area contributed by atoms with Crippen molar-refractivity contribution in [3.8, 4) is 5.82 Å². The highest BCUT2D eigenvalue weighted by atomic mass is 16.6. The average molecular weight is 293 g/mol. The molecule has 3 N–H and O–H groups in total. The summed E-state index contributed by atoms with van der Waals surface area (Å²) in [6, 6.07) is 5.20. The summed E-state index contributed by atoms with van der Waals surface area (Å²) in [6.45, 7) is -0.446. The van der Waals surface area contributed by atoms with Gasteiger partial charge in [-0.3, -0.25) is 4.57 Å². The summed E-state index contributed by atoms with van der Waals surface area (Å²) in [4.78, 5) is 16.0. The molecule has 3 rings (SSSR count). The minimum absolute atomic E-state index is 0.438. The Morgan fingerprint density at radius 3 is 2.48 bits per heavy atom. The second kappa shape index (κ2) is 5.41. The van der Waals surface area contributed by atoms with Gasteiger partial charge in [-0.05, 0) is 18.2 Å².